The Balaban J connectivity index is 1.44. The smallest absolute Gasteiger partial charge is 0.374 e. The zero-order valence-electron chi connectivity index (χ0n) is 16.0. The summed E-state index contributed by atoms with van der Waals surface area (Å²) in [6.07, 6.45) is 3.45. The van der Waals surface area contributed by atoms with Gasteiger partial charge in [-0.05, 0) is 42.5 Å². The number of sulfonamides is 1. The molecule has 29 heavy (non-hydrogen) atoms. The Hall–Kier alpha value is -3.11. The number of furan rings is 1. The van der Waals surface area contributed by atoms with E-state index in [4.69, 9.17) is 13.9 Å². The first-order valence-electron chi connectivity index (χ1n) is 8.75. The number of esters is 1. The fourth-order valence-electron chi connectivity index (χ4n) is 2.41. The number of rotatable bonds is 9. The molecule has 1 aromatic carbocycles. The number of nitrogens with zero attached hydrogens (tertiary/aromatic N) is 3. The quantitative estimate of drug-likeness (QED) is 0.386. The van der Waals surface area contributed by atoms with Crippen molar-refractivity contribution >= 4 is 16.0 Å². The highest BCUT2D eigenvalue weighted by molar-refractivity contribution is 7.89. The average Bonchev–Trinajstić information content (AvgIpc) is 3.38. The summed E-state index contributed by atoms with van der Waals surface area (Å²) in [4.78, 5) is 12.2. The van der Waals surface area contributed by atoms with Gasteiger partial charge in [-0.2, -0.15) is 5.10 Å². The van der Waals surface area contributed by atoms with E-state index in [0.29, 0.717) is 18.1 Å². The van der Waals surface area contributed by atoms with Crippen LogP contribution in [0.15, 0.2) is 64.2 Å². The minimum absolute atomic E-state index is 0.0196. The topological polar surface area (TPSA) is 104 Å². The molecular weight excluding hydrogens is 398 g/mol. The highest BCUT2D eigenvalue weighted by Crippen LogP contribution is 2.18. The molecule has 10 heteroatoms. The van der Waals surface area contributed by atoms with Gasteiger partial charge in [0.15, 0.2) is 0 Å². The van der Waals surface area contributed by atoms with Crippen molar-refractivity contribution in [2.75, 3.05) is 27.3 Å². The number of ether oxygens (including phenoxy) is 2. The SMILES string of the molecule is CN(C)S(=O)(=O)c1ccc(OCCOC(=O)c2ccc(Cn3cccn3)o2)cc1. The number of aromatic nitrogens is 2. The number of carbonyl (C=O) groups excluding carboxylic acids is 1. The molecule has 0 radical (unpaired) electrons. The predicted octanol–water partition coefficient (Wildman–Crippen LogP) is 2.01. The summed E-state index contributed by atoms with van der Waals surface area (Å²) in [6, 6.07) is 11.1. The molecule has 0 N–H and O–H groups in total. The molecule has 0 amide bonds. The summed E-state index contributed by atoms with van der Waals surface area (Å²) in [5.41, 5.74) is 0. The molecule has 3 rings (SSSR count). The number of carbonyl (C=O) groups is 1. The average molecular weight is 419 g/mol. The van der Waals surface area contributed by atoms with Crippen molar-refractivity contribution < 1.29 is 27.1 Å². The number of benzene rings is 1. The lowest BCUT2D eigenvalue weighted by Gasteiger charge is -2.12. The van der Waals surface area contributed by atoms with Gasteiger partial charge < -0.3 is 13.9 Å². The Morgan fingerprint density at radius 1 is 1.14 bits per heavy atom. The summed E-state index contributed by atoms with van der Waals surface area (Å²) < 4.78 is 42.9. The van der Waals surface area contributed by atoms with Gasteiger partial charge in [-0.25, -0.2) is 17.5 Å². The molecule has 2 heterocycles. The van der Waals surface area contributed by atoms with Crippen LogP contribution in [0.4, 0.5) is 0 Å². The zero-order valence-corrected chi connectivity index (χ0v) is 16.8. The van der Waals surface area contributed by atoms with Gasteiger partial charge >= 0.3 is 5.97 Å². The molecular formula is C19H21N3O6S. The van der Waals surface area contributed by atoms with E-state index in [1.165, 1.54) is 26.2 Å². The van der Waals surface area contributed by atoms with Gasteiger partial charge in [0, 0.05) is 26.5 Å². The third-order valence-corrected chi connectivity index (χ3v) is 5.76. The second-order valence-corrected chi connectivity index (χ2v) is 8.36. The van der Waals surface area contributed by atoms with Crippen LogP contribution in [0, 0.1) is 0 Å². The maximum absolute atomic E-state index is 12.0. The fourth-order valence-corrected chi connectivity index (χ4v) is 3.31. The highest BCUT2D eigenvalue weighted by atomic mass is 32.2. The largest absolute Gasteiger partial charge is 0.490 e. The molecule has 0 aliphatic heterocycles. The van der Waals surface area contributed by atoms with Crippen LogP contribution in [-0.2, 0) is 21.3 Å². The van der Waals surface area contributed by atoms with E-state index < -0.39 is 16.0 Å². The first kappa shape index (κ1) is 20.6. The molecule has 0 aliphatic rings. The second-order valence-electron chi connectivity index (χ2n) is 6.21. The summed E-state index contributed by atoms with van der Waals surface area (Å²) in [6.45, 7) is 0.557. The Morgan fingerprint density at radius 2 is 1.90 bits per heavy atom. The Morgan fingerprint density at radius 3 is 2.55 bits per heavy atom. The Kier molecular flexibility index (Phi) is 6.35. The molecule has 0 bridgehead atoms. The van der Waals surface area contributed by atoms with E-state index in [9.17, 15) is 13.2 Å². The van der Waals surface area contributed by atoms with Crippen LogP contribution in [0.2, 0.25) is 0 Å². The fraction of sp³-hybridized carbons (Fsp3) is 0.263. The van der Waals surface area contributed by atoms with Crippen molar-refractivity contribution in [2.45, 2.75) is 11.4 Å². The lowest BCUT2D eigenvalue weighted by atomic mass is 10.3. The first-order chi connectivity index (χ1) is 13.9. The van der Waals surface area contributed by atoms with Crippen molar-refractivity contribution in [2.24, 2.45) is 0 Å². The Bertz CT molecular complexity index is 1040. The van der Waals surface area contributed by atoms with Crippen LogP contribution in [0.1, 0.15) is 16.3 Å². The van der Waals surface area contributed by atoms with Gasteiger partial charge in [-0.15, -0.1) is 0 Å². The van der Waals surface area contributed by atoms with Crippen LogP contribution >= 0.6 is 0 Å². The van der Waals surface area contributed by atoms with E-state index in [1.807, 2.05) is 0 Å². The first-order valence-corrected chi connectivity index (χ1v) is 10.2. The monoisotopic (exact) mass is 419 g/mol. The van der Waals surface area contributed by atoms with Crippen molar-refractivity contribution in [1.82, 2.24) is 14.1 Å². The molecule has 3 aromatic rings. The van der Waals surface area contributed by atoms with Gasteiger partial charge in [-0.3, -0.25) is 4.68 Å². The molecule has 0 aliphatic carbocycles. The van der Waals surface area contributed by atoms with Crippen LogP contribution in [0.3, 0.4) is 0 Å². The molecule has 154 valence electrons. The van der Waals surface area contributed by atoms with Gasteiger partial charge in [0.05, 0.1) is 11.4 Å². The van der Waals surface area contributed by atoms with Crippen molar-refractivity contribution in [3.8, 4) is 5.75 Å². The standard InChI is InChI=1S/C19H21N3O6S/c1-21(2)29(24,25)17-7-4-15(5-8-17)26-12-13-27-19(23)18-9-6-16(28-18)14-22-11-3-10-20-22/h3-11H,12-14H2,1-2H3. The van der Waals surface area contributed by atoms with E-state index >= 15 is 0 Å². The number of hydrogen-bond acceptors (Lipinski definition) is 7. The highest BCUT2D eigenvalue weighted by Gasteiger charge is 2.17. The van der Waals surface area contributed by atoms with Crippen molar-refractivity contribution in [3.63, 3.8) is 0 Å². The lowest BCUT2D eigenvalue weighted by molar-refractivity contribution is 0.0413. The molecule has 0 saturated heterocycles. The molecule has 9 nitrogen and oxygen atoms in total. The van der Waals surface area contributed by atoms with Gasteiger partial charge in [-0.1, -0.05) is 0 Å². The molecule has 0 fully saturated rings. The van der Waals surface area contributed by atoms with E-state index in [2.05, 4.69) is 5.10 Å². The van der Waals surface area contributed by atoms with E-state index in [-0.39, 0.29) is 23.9 Å². The van der Waals surface area contributed by atoms with Crippen LogP contribution in [0.25, 0.3) is 0 Å². The van der Waals surface area contributed by atoms with Crippen LogP contribution < -0.4 is 4.74 Å². The summed E-state index contributed by atoms with van der Waals surface area (Å²) in [5.74, 6) is 0.570. The van der Waals surface area contributed by atoms with E-state index in [1.54, 1.807) is 47.4 Å². The molecule has 2 aromatic heterocycles. The molecule has 0 spiro atoms. The third-order valence-electron chi connectivity index (χ3n) is 3.93. The normalized spacial score (nSPS) is 11.6. The minimum Gasteiger partial charge on any atom is -0.490 e. The molecule has 0 saturated carbocycles. The maximum Gasteiger partial charge on any atom is 0.374 e. The summed E-state index contributed by atoms with van der Waals surface area (Å²) >= 11 is 0. The molecule has 0 atom stereocenters. The van der Waals surface area contributed by atoms with Gasteiger partial charge in [0.25, 0.3) is 0 Å². The van der Waals surface area contributed by atoms with E-state index in [0.717, 1.165) is 4.31 Å². The van der Waals surface area contributed by atoms with Crippen molar-refractivity contribution in [3.05, 3.63) is 66.4 Å². The van der Waals surface area contributed by atoms with Crippen molar-refractivity contribution in [1.29, 1.82) is 0 Å². The second kappa shape index (κ2) is 8.93. The summed E-state index contributed by atoms with van der Waals surface area (Å²) in [7, 11) is -0.551. The minimum atomic E-state index is -3.48. The summed E-state index contributed by atoms with van der Waals surface area (Å²) in [5, 5.41) is 4.07. The maximum atomic E-state index is 12.0. The lowest BCUT2D eigenvalue weighted by Crippen LogP contribution is -2.22. The third kappa shape index (κ3) is 5.24. The number of hydrogen-bond donors (Lipinski definition) is 0. The molecule has 0 unspecified atom stereocenters. The van der Waals surface area contributed by atoms with Gasteiger partial charge in [0.1, 0.15) is 24.7 Å². The van der Waals surface area contributed by atoms with Crippen LogP contribution in [-0.4, -0.2) is 55.8 Å². The van der Waals surface area contributed by atoms with Crippen LogP contribution in [0.5, 0.6) is 5.75 Å². The Labute approximate surface area is 168 Å². The zero-order chi connectivity index (χ0) is 20.9. The van der Waals surface area contributed by atoms with Gasteiger partial charge in [0.2, 0.25) is 15.8 Å². The predicted molar refractivity (Wildman–Crippen MR) is 103 cm³/mol.